The largest absolute Gasteiger partial charge is 0.493 e. The van der Waals surface area contributed by atoms with Gasteiger partial charge in [-0.2, -0.15) is 0 Å². The number of sulfonamides is 1. The molecule has 0 fully saturated rings. The maximum absolute atomic E-state index is 12.2. The van der Waals surface area contributed by atoms with Crippen molar-refractivity contribution in [2.45, 2.75) is 4.90 Å². The molecule has 0 amide bonds. The first-order valence-corrected chi connectivity index (χ1v) is 9.34. The second kappa shape index (κ2) is 8.38. The Hall–Kier alpha value is -2.62. The van der Waals surface area contributed by atoms with Crippen LogP contribution in [0, 0.1) is 0 Å². The molecule has 10 heteroatoms. The first-order chi connectivity index (χ1) is 12.7. The molecule has 2 N–H and O–H groups in total. The number of Topliss-reactive ketones (excluding diaryl/α,β-unsaturated/α-hetero) is 1. The zero-order valence-corrected chi connectivity index (χ0v) is 16.0. The van der Waals surface area contributed by atoms with Crippen LogP contribution in [0.15, 0.2) is 41.3 Å². The third-order valence-electron chi connectivity index (χ3n) is 3.51. The van der Waals surface area contributed by atoms with E-state index in [9.17, 15) is 18.0 Å². The number of ether oxygens (including phenoxy) is 3. The first kappa shape index (κ1) is 20.7. The van der Waals surface area contributed by atoms with Gasteiger partial charge in [-0.1, -0.05) is 11.6 Å². The third kappa shape index (κ3) is 4.97. The summed E-state index contributed by atoms with van der Waals surface area (Å²) in [6.07, 6.45) is 0. The predicted octanol–water partition coefficient (Wildman–Crippen LogP) is 2.04. The molecule has 0 saturated carbocycles. The van der Waals surface area contributed by atoms with Gasteiger partial charge < -0.3 is 14.2 Å². The van der Waals surface area contributed by atoms with Crippen molar-refractivity contribution in [2.24, 2.45) is 5.14 Å². The monoisotopic (exact) mass is 413 g/mol. The summed E-state index contributed by atoms with van der Waals surface area (Å²) < 4.78 is 38.1. The van der Waals surface area contributed by atoms with E-state index < -0.39 is 33.3 Å². The van der Waals surface area contributed by atoms with Gasteiger partial charge in [0.25, 0.3) is 0 Å². The summed E-state index contributed by atoms with van der Waals surface area (Å²) in [6, 6.07) is 7.95. The molecule has 8 nitrogen and oxygen atoms in total. The fourth-order valence-corrected chi connectivity index (χ4v) is 3.23. The number of nitrogens with two attached hydrogens (primary N) is 1. The van der Waals surface area contributed by atoms with Gasteiger partial charge in [-0.25, -0.2) is 18.4 Å². The fraction of sp³-hybridized carbons (Fsp3) is 0.176. The molecule has 27 heavy (non-hydrogen) atoms. The molecular formula is C17H16ClNO7S. The molecule has 0 atom stereocenters. The maximum Gasteiger partial charge on any atom is 0.338 e. The molecular weight excluding hydrogens is 398 g/mol. The Morgan fingerprint density at radius 2 is 1.63 bits per heavy atom. The highest BCUT2D eigenvalue weighted by Crippen LogP contribution is 2.27. The third-order valence-corrected chi connectivity index (χ3v) is 4.91. The Morgan fingerprint density at radius 1 is 1.00 bits per heavy atom. The summed E-state index contributed by atoms with van der Waals surface area (Å²) in [7, 11) is -1.22. The normalized spacial score (nSPS) is 11.0. The van der Waals surface area contributed by atoms with Crippen LogP contribution < -0.4 is 14.6 Å². The first-order valence-electron chi connectivity index (χ1n) is 7.42. The minimum atomic E-state index is -4.11. The summed E-state index contributed by atoms with van der Waals surface area (Å²) in [6.45, 7) is -0.554. The molecule has 0 spiro atoms. The second-order valence-corrected chi connectivity index (χ2v) is 7.20. The summed E-state index contributed by atoms with van der Waals surface area (Å²) >= 11 is 5.76. The molecule has 2 aromatic carbocycles. The molecule has 0 bridgehead atoms. The van der Waals surface area contributed by atoms with Crippen molar-refractivity contribution in [2.75, 3.05) is 20.8 Å². The number of hydrogen-bond donors (Lipinski definition) is 1. The van der Waals surface area contributed by atoms with Gasteiger partial charge in [-0.15, -0.1) is 0 Å². The van der Waals surface area contributed by atoms with E-state index in [-0.39, 0.29) is 16.1 Å². The van der Waals surface area contributed by atoms with Gasteiger partial charge in [0.15, 0.2) is 23.9 Å². The average molecular weight is 414 g/mol. The van der Waals surface area contributed by atoms with E-state index in [0.29, 0.717) is 11.5 Å². The highest BCUT2D eigenvalue weighted by atomic mass is 35.5. The minimum Gasteiger partial charge on any atom is -0.493 e. The summed E-state index contributed by atoms with van der Waals surface area (Å²) in [5.41, 5.74) is 0.144. The molecule has 2 aromatic rings. The van der Waals surface area contributed by atoms with Crippen molar-refractivity contribution in [3.63, 3.8) is 0 Å². The molecule has 0 aliphatic heterocycles. The SMILES string of the molecule is COc1ccc(C(=O)COC(=O)c2ccc(Cl)c(S(N)(=O)=O)c2)cc1OC. The number of carbonyl (C=O) groups excluding carboxylic acids is 2. The van der Waals surface area contributed by atoms with Crippen LogP contribution in [0.3, 0.4) is 0 Å². The number of methoxy groups -OCH3 is 2. The smallest absolute Gasteiger partial charge is 0.338 e. The van der Waals surface area contributed by atoms with E-state index in [1.165, 1.54) is 38.5 Å². The molecule has 0 aliphatic rings. The van der Waals surface area contributed by atoms with Gasteiger partial charge in [-0.3, -0.25) is 4.79 Å². The summed E-state index contributed by atoms with van der Waals surface area (Å²) in [5.74, 6) is -0.580. The molecule has 0 heterocycles. The van der Waals surface area contributed by atoms with Crippen LogP contribution in [0.1, 0.15) is 20.7 Å². The zero-order valence-electron chi connectivity index (χ0n) is 14.4. The molecule has 0 unspecified atom stereocenters. The predicted molar refractivity (Wildman–Crippen MR) is 97.0 cm³/mol. The molecule has 0 aromatic heterocycles. The lowest BCUT2D eigenvalue weighted by atomic mass is 10.1. The van der Waals surface area contributed by atoms with Crippen LogP contribution in [0.5, 0.6) is 11.5 Å². The van der Waals surface area contributed by atoms with Crippen LogP contribution in [-0.2, 0) is 14.8 Å². The fourth-order valence-electron chi connectivity index (χ4n) is 2.16. The number of hydrogen-bond acceptors (Lipinski definition) is 7. The lowest BCUT2D eigenvalue weighted by molar-refractivity contribution is 0.0474. The van der Waals surface area contributed by atoms with Crippen molar-refractivity contribution < 1.29 is 32.2 Å². The van der Waals surface area contributed by atoms with Gasteiger partial charge in [0.1, 0.15) is 4.90 Å². The Bertz CT molecular complexity index is 989. The van der Waals surface area contributed by atoms with Gasteiger partial charge in [-0.05, 0) is 36.4 Å². The number of rotatable bonds is 7. The van der Waals surface area contributed by atoms with Crippen molar-refractivity contribution in [3.05, 3.63) is 52.5 Å². The minimum absolute atomic E-state index is 0.108. The lowest BCUT2D eigenvalue weighted by Crippen LogP contribution is -2.16. The Kier molecular flexibility index (Phi) is 6.42. The van der Waals surface area contributed by atoms with Crippen LogP contribution in [-0.4, -0.2) is 41.0 Å². The highest BCUT2D eigenvalue weighted by Gasteiger charge is 2.18. The number of benzene rings is 2. The number of halogens is 1. The van der Waals surface area contributed by atoms with Crippen molar-refractivity contribution >= 4 is 33.4 Å². The van der Waals surface area contributed by atoms with E-state index >= 15 is 0 Å². The van der Waals surface area contributed by atoms with E-state index in [0.717, 1.165) is 6.07 Å². The maximum atomic E-state index is 12.2. The number of esters is 1. The molecule has 0 saturated heterocycles. The topological polar surface area (TPSA) is 122 Å². The molecule has 0 aliphatic carbocycles. The van der Waals surface area contributed by atoms with Crippen molar-refractivity contribution in [1.29, 1.82) is 0 Å². The van der Waals surface area contributed by atoms with Gasteiger partial charge in [0.05, 0.1) is 24.8 Å². The zero-order chi connectivity index (χ0) is 20.2. The van der Waals surface area contributed by atoms with Crippen molar-refractivity contribution in [3.8, 4) is 11.5 Å². The highest BCUT2D eigenvalue weighted by molar-refractivity contribution is 7.89. The number of ketones is 1. The van der Waals surface area contributed by atoms with Gasteiger partial charge in [0, 0.05) is 5.56 Å². The van der Waals surface area contributed by atoms with E-state index in [4.69, 9.17) is 31.0 Å². The van der Waals surface area contributed by atoms with Crippen LogP contribution in [0.2, 0.25) is 5.02 Å². The van der Waals surface area contributed by atoms with Crippen LogP contribution >= 0.6 is 11.6 Å². The molecule has 0 radical (unpaired) electrons. The second-order valence-electron chi connectivity index (χ2n) is 5.26. The van der Waals surface area contributed by atoms with Crippen LogP contribution in [0.25, 0.3) is 0 Å². The molecule has 2 rings (SSSR count). The van der Waals surface area contributed by atoms with Gasteiger partial charge >= 0.3 is 5.97 Å². The molecule has 144 valence electrons. The standard InChI is InChI=1S/C17H16ClNO7S/c1-24-14-6-4-10(7-15(14)25-2)13(20)9-26-17(21)11-3-5-12(18)16(8-11)27(19,22)23/h3-8H,9H2,1-2H3,(H2,19,22,23). The van der Waals surface area contributed by atoms with Gasteiger partial charge in [0.2, 0.25) is 10.0 Å². The summed E-state index contributed by atoms with van der Waals surface area (Å²) in [5, 5.41) is 4.91. The van der Waals surface area contributed by atoms with E-state index in [1.807, 2.05) is 0 Å². The Morgan fingerprint density at radius 3 is 2.22 bits per heavy atom. The lowest BCUT2D eigenvalue weighted by Gasteiger charge is -2.10. The van der Waals surface area contributed by atoms with E-state index in [1.54, 1.807) is 6.07 Å². The number of primary sulfonamides is 1. The Labute approximate surface area is 160 Å². The Balaban J connectivity index is 2.13. The quantitative estimate of drug-likeness (QED) is 0.544. The number of carbonyl (C=O) groups is 2. The van der Waals surface area contributed by atoms with Crippen molar-refractivity contribution in [1.82, 2.24) is 0 Å². The van der Waals surface area contributed by atoms with Crippen LogP contribution in [0.4, 0.5) is 0 Å². The summed E-state index contributed by atoms with van der Waals surface area (Å²) in [4.78, 5) is 23.9. The van der Waals surface area contributed by atoms with E-state index in [2.05, 4.69) is 0 Å². The average Bonchev–Trinajstić information content (AvgIpc) is 2.64.